The molecule has 0 aliphatic carbocycles. The summed E-state index contributed by atoms with van der Waals surface area (Å²) in [6.45, 7) is 1.95. The fourth-order valence-corrected chi connectivity index (χ4v) is 0.213. The van der Waals surface area contributed by atoms with Gasteiger partial charge < -0.3 is 10.9 Å². The third-order valence-corrected chi connectivity index (χ3v) is 0.433. The highest BCUT2D eigenvalue weighted by Gasteiger charge is 1.93. The van der Waals surface area contributed by atoms with Gasteiger partial charge in [-0.2, -0.15) is 5.26 Å². The van der Waals surface area contributed by atoms with Crippen LogP contribution in [0.3, 0.4) is 0 Å². The summed E-state index contributed by atoms with van der Waals surface area (Å²) in [4.78, 5) is 10.1. The lowest BCUT2D eigenvalue weighted by Gasteiger charge is -1.93. The van der Waals surface area contributed by atoms with Crippen LogP contribution in [0.25, 0.3) is 0 Å². The fourth-order valence-electron chi connectivity index (χ4n) is 0.213. The lowest BCUT2D eigenvalue weighted by molar-refractivity contribution is 0.157. The minimum Gasteiger partial charge on any atom is -0.449 e. The van der Waals surface area contributed by atoms with Crippen LogP contribution in [0.4, 0.5) is 4.79 Å². The van der Waals surface area contributed by atoms with Crippen molar-refractivity contribution < 1.29 is 9.53 Å². The Labute approximate surface area is 53.2 Å². The molecule has 0 unspecified atom stereocenters. The molecular formula is C4H9N3O2. The molecule has 0 radical (unpaired) electrons. The van der Waals surface area contributed by atoms with Crippen molar-refractivity contribution in [2.24, 2.45) is 0 Å². The summed E-state index contributed by atoms with van der Waals surface area (Å²) in [6.07, 6.45) is 0.729. The van der Waals surface area contributed by atoms with Gasteiger partial charge in [-0.1, -0.05) is 0 Å². The van der Waals surface area contributed by atoms with Crippen LogP contribution in [-0.2, 0) is 4.74 Å². The summed E-state index contributed by atoms with van der Waals surface area (Å²) in [5, 5.41) is 9.59. The van der Waals surface area contributed by atoms with Gasteiger partial charge in [0.15, 0.2) is 6.19 Å². The topological polar surface area (TPSA) is 97.1 Å². The van der Waals surface area contributed by atoms with Crippen LogP contribution in [0.5, 0.6) is 0 Å². The lowest BCUT2D eigenvalue weighted by atomic mass is 10.9. The van der Waals surface area contributed by atoms with Gasteiger partial charge in [0.05, 0.1) is 6.61 Å². The molecule has 1 amide bonds. The summed E-state index contributed by atoms with van der Waals surface area (Å²) < 4.78 is 4.31. The quantitative estimate of drug-likeness (QED) is 0.397. The zero-order valence-corrected chi connectivity index (χ0v) is 5.18. The van der Waals surface area contributed by atoms with Crippen LogP contribution >= 0.6 is 0 Å². The Kier molecular flexibility index (Phi) is 7.96. The average molecular weight is 131 g/mol. The zero-order valence-electron chi connectivity index (χ0n) is 5.18. The molecule has 0 atom stereocenters. The molecule has 0 heterocycles. The highest BCUT2D eigenvalue weighted by molar-refractivity contribution is 5.68. The molecule has 0 saturated heterocycles. The van der Waals surface area contributed by atoms with E-state index in [9.17, 15) is 4.79 Å². The molecule has 0 aromatic carbocycles. The number of rotatable bonds is 1. The zero-order chi connectivity index (χ0) is 6.41. The summed E-state index contributed by atoms with van der Waals surface area (Å²) >= 11 is 0. The molecule has 0 aliphatic rings. The highest BCUT2D eigenvalue weighted by atomic mass is 16.5. The van der Waals surface area contributed by atoms with Gasteiger partial charge in [0, 0.05) is 0 Å². The second kappa shape index (κ2) is 6.72. The number of nitriles is 1. The van der Waals surface area contributed by atoms with Crippen molar-refractivity contribution >= 4 is 6.09 Å². The molecule has 0 bridgehead atoms. The summed E-state index contributed by atoms with van der Waals surface area (Å²) in [7, 11) is 0. The van der Waals surface area contributed by atoms with Gasteiger partial charge in [-0.25, -0.2) is 10.1 Å². The Hall–Kier alpha value is -1.28. The number of amides is 1. The Morgan fingerprint density at radius 3 is 2.78 bits per heavy atom. The minimum absolute atomic E-state index is 0. The predicted molar refractivity (Wildman–Crippen MR) is 30.8 cm³/mol. The number of nitrogens with one attached hydrogen (secondary N) is 1. The van der Waals surface area contributed by atoms with Crippen molar-refractivity contribution in [2.75, 3.05) is 6.61 Å². The first kappa shape index (κ1) is 10.7. The molecule has 0 aromatic rings. The predicted octanol–water partition coefficient (Wildman–Crippen LogP) is 0.376. The SMILES string of the molecule is CCOC(=O)NC#N.N. The Morgan fingerprint density at radius 2 is 2.44 bits per heavy atom. The monoisotopic (exact) mass is 131 g/mol. The van der Waals surface area contributed by atoms with Crippen molar-refractivity contribution in [3.63, 3.8) is 0 Å². The largest absolute Gasteiger partial charge is 0.449 e. The number of nitrogens with zero attached hydrogens (tertiary/aromatic N) is 1. The first-order chi connectivity index (χ1) is 3.81. The number of hydrogen-bond acceptors (Lipinski definition) is 4. The van der Waals surface area contributed by atoms with Crippen LogP contribution in [-0.4, -0.2) is 12.7 Å². The van der Waals surface area contributed by atoms with Crippen LogP contribution in [0.1, 0.15) is 6.92 Å². The van der Waals surface area contributed by atoms with Crippen molar-refractivity contribution in [3.05, 3.63) is 0 Å². The Bertz CT molecular complexity index is 117. The highest BCUT2D eigenvalue weighted by Crippen LogP contribution is 1.71. The molecule has 5 heteroatoms. The maximum Gasteiger partial charge on any atom is 0.420 e. The molecule has 5 nitrogen and oxygen atoms in total. The van der Waals surface area contributed by atoms with E-state index in [1.165, 1.54) is 6.19 Å². The Morgan fingerprint density at radius 1 is 1.89 bits per heavy atom. The number of ether oxygens (including phenoxy) is 1. The molecule has 0 saturated carbocycles. The molecule has 0 spiro atoms. The second-order valence-electron chi connectivity index (χ2n) is 0.957. The summed E-state index contributed by atoms with van der Waals surface area (Å²) in [5.41, 5.74) is 0. The van der Waals surface area contributed by atoms with Crippen molar-refractivity contribution in [1.29, 1.82) is 5.26 Å². The Balaban J connectivity index is 0. The number of alkyl carbamates (subject to hydrolysis) is 1. The molecule has 0 aromatic heterocycles. The van der Waals surface area contributed by atoms with Gasteiger partial charge in [-0.05, 0) is 6.92 Å². The number of carbonyl (C=O) groups excluding carboxylic acids is 1. The smallest absolute Gasteiger partial charge is 0.420 e. The van der Waals surface area contributed by atoms with E-state index < -0.39 is 6.09 Å². The first-order valence-electron chi connectivity index (χ1n) is 2.13. The molecule has 52 valence electrons. The summed E-state index contributed by atoms with van der Waals surface area (Å²) in [6, 6.07) is 0. The normalized spacial score (nSPS) is 6.22. The van der Waals surface area contributed by atoms with Crippen molar-refractivity contribution in [1.82, 2.24) is 11.5 Å². The van der Waals surface area contributed by atoms with Crippen LogP contribution < -0.4 is 11.5 Å². The van der Waals surface area contributed by atoms with E-state index in [2.05, 4.69) is 4.74 Å². The fraction of sp³-hybridized carbons (Fsp3) is 0.500. The first-order valence-corrected chi connectivity index (χ1v) is 2.13. The van der Waals surface area contributed by atoms with Crippen LogP contribution in [0.15, 0.2) is 0 Å². The average Bonchev–Trinajstić information content (AvgIpc) is 1.68. The molecule has 4 N–H and O–H groups in total. The van der Waals surface area contributed by atoms with E-state index in [0.717, 1.165) is 0 Å². The minimum atomic E-state index is -0.699. The van der Waals surface area contributed by atoms with E-state index in [1.807, 2.05) is 0 Å². The third kappa shape index (κ3) is 6.72. The summed E-state index contributed by atoms with van der Waals surface area (Å²) in [5.74, 6) is 0. The molecule has 9 heavy (non-hydrogen) atoms. The van der Waals surface area contributed by atoms with E-state index in [1.54, 1.807) is 12.2 Å². The van der Waals surface area contributed by atoms with E-state index in [-0.39, 0.29) is 12.8 Å². The molecule has 0 fully saturated rings. The lowest BCUT2D eigenvalue weighted by Crippen LogP contribution is -2.18. The number of carbonyl (C=O) groups is 1. The maximum atomic E-state index is 10.1. The van der Waals surface area contributed by atoms with Crippen molar-refractivity contribution in [2.45, 2.75) is 6.92 Å². The van der Waals surface area contributed by atoms with Gasteiger partial charge in [0.25, 0.3) is 0 Å². The van der Waals surface area contributed by atoms with E-state index in [0.29, 0.717) is 0 Å². The van der Waals surface area contributed by atoms with Gasteiger partial charge >= 0.3 is 6.09 Å². The van der Waals surface area contributed by atoms with E-state index in [4.69, 9.17) is 5.26 Å². The van der Waals surface area contributed by atoms with Gasteiger partial charge in [-0.3, -0.25) is 0 Å². The standard InChI is InChI=1S/C4H6N2O2.H3N/c1-2-8-4(7)6-3-5;/h2H2,1H3,(H,6,7);1H3. The molecular weight excluding hydrogens is 122 g/mol. The number of hydrogen-bond donors (Lipinski definition) is 2. The van der Waals surface area contributed by atoms with Crippen LogP contribution in [0.2, 0.25) is 0 Å². The third-order valence-electron chi connectivity index (χ3n) is 0.433. The van der Waals surface area contributed by atoms with Crippen molar-refractivity contribution in [3.8, 4) is 6.19 Å². The van der Waals surface area contributed by atoms with Gasteiger partial charge in [0.1, 0.15) is 0 Å². The van der Waals surface area contributed by atoms with Gasteiger partial charge in [-0.15, -0.1) is 0 Å². The second-order valence-corrected chi connectivity index (χ2v) is 0.957. The molecule has 0 rings (SSSR count). The van der Waals surface area contributed by atoms with Crippen LogP contribution in [0, 0.1) is 11.5 Å². The van der Waals surface area contributed by atoms with E-state index >= 15 is 0 Å². The maximum absolute atomic E-state index is 10.1. The molecule has 0 aliphatic heterocycles. The van der Waals surface area contributed by atoms with Gasteiger partial charge in [0.2, 0.25) is 0 Å².